The number of alkyl halides is 2. The number of halogens is 3. The maximum absolute atomic E-state index is 14.4. The van der Waals surface area contributed by atoms with E-state index in [1.165, 1.54) is 33.8 Å². The number of benzene rings is 2. The van der Waals surface area contributed by atoms with Gasteiger partial charge in [-0.2, -0.15) is 8.78 Å². The van der Waals surface area contributed by atoms with Gasteiger partial charge in [0.05, 0.1) is 23.0 Å². The van der Waals surface area contributed by atoms with Gasteiger partial charge in [0.1, 0.15) is 12.4 Å². The Kier molecular flexibility index (Phi) is 5.26. The molecule has 1 amide bonds. The predicted octanol–water partition coefficient (Wildman–Crippen LogP) is 4.31. The Bertz CT molecular complexity index is 1160. The molecule has 2 heterocycles. The van der Waals surface area contributed by atoms with Crippen LogP contribution in [-0.2, 0) is 11.3 Å². The molecule has 0 saturated heterocycles. The van der Waals surface area contributed by atoms with Crippen molar-refractivity contribution in [3.05, 3.63) is 67.0 Å². The zero-order valence-corrected chi connectivity index (χ0v) is 15.6. The van der Waals surface area contributed by atoms with E-state index in [0.29, 0.717) is 11.0 Å². The number of thioether (sulfide) groups is 1. The highest BCUT2D eigenvalue weighted by Crippen LogP contribution is 2.28. The molecule has 0 radical (unpaired) electrons. The number of amides is 1. The molecule has 0 bridgehead atoms. The third kappa shape index (κ3) is 4.11. The van der Waals surface area contributed by atoms with E-state index in [2.05, 4.69) is 15.3 Å². The average molecular weight is 417 g/mol. The number of rotatable bonds is 6. The second kappa shape index (κ2) is 8.00. The Morgan fingerprint density at radius 2 is 2.03 bits per heavy atom. The summed E-state index contributed by atoms with van der Waals surface area (Å²) in [6.45, 7) is -0.236. The van der Waals surface area contributed by atoms with Gasteiger partial charge >= 0.3 is 0 Å². The van der Waals surface area contributed by atoms with E-state index in [0.717, 1.165) is 0 Å². The second-order valence-electron chi connectivity index (χ2n) is 6.03. The number of hydrogen-bond donors (Lipinski definition) is 1. The van der Waals surface area contributed by atoms with E-state index >= 15 is 0 Å². The molecule has 29 heavy (non-hydrogen) atoms. The third-order valence-electron chi connectivity index (χ3n) is 4.13. The van der Waals surface area contributed by atoms with E-state index in [-0.39, 0.29) is 34.8 Å². The summed E-state index contributed by atoms with van der Waals surface area (Å²) in [5.41, 5.74) is 1.62. The summed E-state index contributed by atoms with van der Waals surface area (Å²) in [6, 6.07) is 11.1. The van der Waals surface area contributed by atoms with Crippen molar-refractivity contribution >= 4 is 34.4 Å². The Morgan fingerprint density at radius 3 is 2.76 bits per heavy atom. The van der Waals surface area contributed by atoms with E-state index in [4.69, 9.17) is 0 Å². The Balaban J connectivity index is 1.55. The smallest absolute Gasteiger partial charge is 0.291 e. The highest BCUT2D eigenvalue weighted by atomic mass is 32.2. The van der Waals surface area contributed by atoms with Crippen molar-refractivity contribution in [1.82, 2.24) is 19.1 Å². The highest BCUT2D eigenvalue weighted by molar-refractivity contribution is 7.99. The first-order valence-corrected chi connectivity index (χ1v) is 9.37. The number of nitrogens with zero attached hydrogens (tertiary/aromatic N) is 4. The average Bonchev–Trinajstić information content (AvgIpc) is 3.30. The standard InChI is InChI=1S/C19H14F3N5OS/c20-13-9-12(5-6-15(13)26-8-7-23-11-26)24-17(28)10-27-16-4-2-1-3-14(16)25-19(27)29-18(21)22/h1-9,11,18H,10H2,(H,24,28). The summed E-state index contributed by atoms with van der Waals surface area (Å²) >= 11 is 0.272. The van der Waals surface area contributed by atoms with Gasteiger partial charge in [-0.15, -0.1) is 0 Å². The monoisotopic (exact) mass is 417 g/mol. The topological polar surface area (TPSA) is 64.7 Å². The maximum atomic E-state index is 14.4. The number of fused-ring (bicyclic) bond motifs is 1. The molecule has 0 unspecified atom stereocenters. The van der Waals surface area contributed by atoms with E-state index < -0.39 is 17.5 Å². The summed E-state index contributed by atoms with van der Waals surface area (Å²) in [7, 11) is 0. The maximum Gasteiger partial charge on any atom is 0.291 e. The number of aromatic nitrogens is 4. The van der Waals surface area contributed by atoms with Crippen LogP contribution in [0.4, 0.5) is 18.9 Å². The molecular weight excluding hydrogens is 403 g/mol. The number of carbonyl (C=O) groups is 1. The van der Waals surface area contributed by atoms with Gasteiger partial charge < -0.3 is 14.5 Å². The molecule has 148 valence electrons. The van der Waals surface area contributed by atoms with Crippen molar-refractivity contribution in [2.75, 3.05) is 5.32 Å². The van der Waals surface area contributed by atoms with Crippen LogP contribution in [0.5, 0.6) is 0 Å². The highest BCUT2D eigenvalue weighted by Gasteiger charge is 2.18. The van der Waals surface area contributed by atoms with E-state index in [1.54, 1.807) is 36.5 Å². The van der Waals surface area contributed by atoms with Gasteiger partial charge in [0.25, 0.3) is 5.76 Å². The molecule has 10 heteroatoms. The van der Waals surface area contributed by atoms with Gasteiger partial charge in [-0.3, -0.25) is 4.79 Å². The van der Waals surface area contributed by atoms with Crippen LogP contribution in [0.2, 0.25) is 0 Å². The van der Waals surface area contributed by atoms with Gasteiger partial charge in [0.2, 0.25) is 5.91 Å². The number of anilines is 1. The number of nitrogens with one attached hydrogen (secondary N) is 1. The quantitative estimate of drug-likeness (QED) is 0.475. The molecule has 0 spiro atoms. The van der Waals surface area contributed by atoms with Gasteiger partial charge in [-0.1, -0.05) is 12.1 Å². The fourth-order valence-corrected chi connectivity index (χ4v) is 3.52. The zero-order valence-electron chi connectivity index (χ0n) is 14.8. The number of imidazole rings is 2. The SMILES string of the molecule is O=C(Cn1c(SC(F)F)nc2ccccc21)Nc1ccc(-n2ccnc2)c(F)c1. The molecule has 0 aliphatic rings. The molecule has 0 aliphatic heterocycles. The van der Waals surface area contributed by atoms with Crippen molar-refractivity contribution in [3.63, 3.8) is 0 Å². The molecule has 0 fully saturated rings. The fraction of sp³-hybridized carbons (Fsp3) is 0.105. The molecule has 2 aromatic carbocycles. The minimum Gasteiger partial charge on any atom is -0.324 e. The van der Waals surface area contributed by atoms with Crippen LogP contribution >= 0.6 is 11.8 Å². The molecular formula is C19H14F3N5OS. The summed E-state index contributed by atoms with van der Waals surface area (Å²) < 4.78 is 43.0. The Hall–Kier alpha value is -3.27. The summed E-state index contributed by atoms with van der Waals surface area (Å²) in [5, 5.41) is 2.63. The first-order valence-electron chi connectivity index (χ1n) is 8.49. The van der Waals surface area contributed by atoms with E-state index in [1.807, 2.05) is 0 Å². The Morgan fingerprint density at radius 1 is 1.21 bits per heavy atom. The molecule has 0 saturated carbocycles. The van der Waals surface area contributed by atoms with Crippen LogP contribution in [-0.4, -0.2) is 30.8 Å². The van der Waals surface area contributed by atoms with Crippen LogP contribution in [0.25, 0.3) is 16.7 Å². The van der Waals surface area contributed by atoms with Gasteiger partial charge in [0.15, 0.2) is 5.16 Å². The molecule has 0 aliphatic carbocycles. The predicted molar refractivity (Wildman–Crippen MR) is 104 cm³/mol. The van der Waals surface area contributed by atoms with Crippen LogP contribution in [0, 0.1) is 5.82 Å². The minimum absolute atomic E-state index is 0.0398. The van der Waals surface area contributed by atoms with Crippen molar-refractivity contribution < 1.29 is 18.0 Å². The number of hydrogen-bond acceptors (Lipinski definition) is 4. The lowest BCUT2D eigenvalue weighted by Crippen LogP contribution is -2.19. The third-order valence-corrected chi connectivity index (χ3v) is 4.83. The lowest BCUT2D eigenvalue weighted by atomic mass is 10.2. The van der Waals surface area contributed by atoms with Crippen molar-refractivity contribution in [2.24, 2.45) is 0 Å². The minimum atomic E-state index is -2.67. The molecule has 4 aromatic rings. The van der Waals surface area contributed by atoms with Crippen molar-refractivity contribution in [1.29, 1.82) is 0 Å². The van der Waals surface area contributed by atoms with Gasteiger partial charge in [0, 0.05) is 18.1 Å². The van der Waals surface area contributed by atoms with Gasteiger partial charge in [-0.25, -0.2) is 14.4 Å². The second-order valence-corrected chi connectivity index (χ2v) is 6.99. The molecule has 1 N–H and O–H groups in total. The number of carbonyl (C=O) groups excluding carboxylic acids is 1. The van der Waals surface area contributed by atoms with Crippen LogP contribution in [0.15, 0.2) is 66.3 Å². The summed E-state index contributed by atoms with van der Waals surface area (Å²) in [4.78, 5) is 20.5. The zero-order chi connectivity index (χ0) is 20.4. The molecule has 0 atom stereocenters. The normalized spacial score (nSPS) is 11.3. The lowest BCUT2D eigenvalue weighted by Gasteiger charge is -2.11. The largest absolute Gasteiger partial charge is 0.324 e. The van der Waals surface area contributed by atoms with Crippen LogP contribution in [0.1, 0.15) is 0 Å². The summed E-state index contributed by atoms with van der Waals surface area (Å²) in [6.07, 6.45) is 4.59. The number of para-hydroxylation sites is 2. The first-order chi connectivity index (χ1) is 14.0. The van der Waals surface area contributed by atoms with Crippen LogP contribution < -0.4 is 5.32 Å². The Labute approximate surface area is 167 Å². The van der Waals surface area contributed by atoms with Gasteiger partial charge in [-0.05, 0) is 42.1 Å². The van der Waals surface area contributed by atoms with E-state index in [9.17, 15) is 18.0 Å². The first kappa shape index (κ1) is 19.1. The van der Waals surface area contributed by atoms with Crippen molar-refractivity contribution in [3.8, 4) is 5.69 Å². The summed E-state index contributed by atoms with van der Waals surface area (Å²) in [5.74, 6) is -3.69. The molecule has 4 rings (SSSR count). The fourth-order valence-electron chi connectivity index (χ4n) is 2.92. The van der Waals surface area contributed by atoms with Crippen LogP contribution in [0.3, 0.4) is 0 Å². The van der Waals surface area contributed by atoms with Crippen molar-refractivity contribution in [2.45, 2.75) is 17.5 Å². The molecule has 6 nitrogen and oxygen atoms in total. The molecule has 2 aromatic heterocycles. The lowest BCUT2D eigenvalue weighted by molar-refractivity contribution is -0.116.